The molecule has 0 saturated carbocycles. The molecule has 3 N–H and O–H groups in total. The number of methoxy groups -OCH3 is 1. The second kappa shape index (κ2) is 6.60. The van der Waals surface area contributed by atoms with Crippen molar-refractivity contribution in [2.45, 2.75) is 13.8 Å². The van der Waals surface area contributed by atoms with Gasteiger partial charge in [0.2, 0.25) is 0 Å². The highest BCUT2D eigenvalue weighted by molar-refractivity contribution is 6.04. The average molecular weight is 361 g/mol. The van der Waals surface area contributed by atoms with Crippen LogP contribution >= 0.6 is 0 Å². The lowest BCUT2D eigenvalue weighted by Crippen LogP contribution is -2.13. The van der Waals surface area contributed by atoms with Gasteiger partial charge in [0.15, 0.2) is 0 Å². The van der Waals surface area contributed by atoms with Gasteiger partial charge < -0.3 is 15.0 Å². The molecule has 4 aromatic rings. The number of hydrogen-bond donors (Lipinski definition) is 3. The molecule has 1 amide bonds. The van der Waals surface area contributed by atoms with E-state index in [2.05, 4.69) is 25.5 Å². The SMILES string of the molecule is COc1cccc(-c2cc3cc(NC(=O)c4[nH]nc(C)c4C)cnc3[nH]2)c1. The smallest absolute Gasteiger partial charge is 0.273 e. The summed E-state index contributed by atoms with van der Waals surface area (Å²) >= 11 is 0. The molecule has 27 heavy (non-hydrogen) atoms. The molecule has 0 bridgehead atoms. The normalized spacial score (nSPS) is 10.9. The van der Waals surface area contributed by atoms with Crippen LogP contribution < -0.4 is 10.1 Å². The van der Waals surface area contributed by atoms with Crippen molar-refractivity contribution in [2.24, 2.45) is 0 Å². The van der Waals surface area contributed by atoms with Crippen molar-refractivity contribution in [3.05, 3.63) is 59.5 Å². The Bertz CT molecular complexity index is 1140. The van der Waals surface area contributed by atoms with Gasteiger partial charge in [0.1, 0.15) is 17.1 Å². The van der Waals surface area contributed by atoms with Gasteiger partial charge in [0, 0.05) is 22.2 Å². The van der Waals surface area contributed by atoms with Crippen molar-refractivity contribution >= 4 is 22.6 Å². The first-order valence-electron chi connectivity index (χ1n) is 8.51. The molecular weight excluding hydrogens is 342 g/mol. The van der Waals surface area contributed by atoms with Crippen molar-refractivity contribution in [3.63, 3.8) is 0 Å². The van der Waals surface area contributed by atoms with Gasteiger partial charge in [-0.25, -0.2) is 4.98 Å². The Balaban J connectivity index is 1.62. The average Bonchev–Trinajstić information content (AvgIpc) is 3.25. The molecule has 0 spiro atoms. The highest BCUT2D eigenvalue weighted by Crippen LogP contribution is 2.27. The van der Waals surface area contributed by atoms with E-state index >= 15 is 0 Å². The number of fused-ring (bicyclic) bond motifs is 1. The van der Waals surface area contributed by atoms with Crippen LogP contribution in [0.3, 0.4) is 0 Å². The van der Waals surface area contributed by atoms with Gasteiger partial charge >= 0.3 is 0 Å². The minimum Gasteiger partial charge on any atom is -0.497 e. The zero-order chi connectivity index (χ0) is 19.0. The summed E-state index contributed by atoms with van der Waals surface area (Å²) in [6.45, 7) is 3.72. The summed E-state index contributed by atoms with van der Waals surface area (Å²) in [6, 6.07) is 11.7. The van der Waals surface area contributed by atoms with Crippen molar-refractivity contribution in [3.8, 4) is 17.0 Å². The molecule has 4 rings (SSSR count). The van der Waals surface area contributed by atoms with E-state index in [0.29, 0.717) is 11.4 Å². The molecule has 7 heteroatoms. The number of anilines is 1. The number of carbonyl (C=O) groups excluding carboxylic acids is 1. The van der Waals surface area contributed by atoms with Gasteiger partial charge in [0.05, 0.1) is 24.7 Å². The third kappa shape index (κ3) is 3.15. The molecule has 1 aromatic carbocycles. The van der Waals surface area contributed by atoms with Crippen LogP contribution in [-0.2, 0) is 0 Å². The van der Waals surface area contributed by atoms with Gasteiger partial charge in [0.25, 0.3) is 5.91 Å². The van der Waals surface area contributed by atoms with E-state index in [-0.39, 0.29) is 5.91 Å². The number of aromatic nitrogens is 4. The zero-order valence-electron chi connectivity index (χ0n) is 15.3. The number of carbonyl (C=O) groups is 1. The Labute approximate surface area is 155 Å². The van der Waals surface area contributed by atoms with E-state index in [1.54, 1.807) is 13.3 Å². The largest absolute Gasteiger partial charge is 0.497 e. The Kier molecular flexibility index (Phi) is 4.12. The summed E-state index contributed by atoms with van der Waals surface area (Å²) in [5.74, 6) is 0.551. The number of rotatable bonds is 4. The second-order valence-corrected chi connectivity index (χ2v) is 6.34. The lowest BCUT2D eigenvalue weighted by molar-refractivity contribution is 0.102. The summed E-state index contributed by atoms with van der Waals surface area (Å²) in [5.41, 5.74) is 5.40. The van der Waals surface area contributed by atoms with E-state index in [1.165, 1.54) is 0 Å². The van der Waals surface area contributed by atoms with E-state index < -0.39 is 0 Å². The van der Waals surface area contributed by atoms with Crippen LogP contribution in [0, 0.1) is 13.8 Å². The Morgan fingerprint density at radius 3 is 2.78 bits per heavy atom. The lowest BCUT2D eigenvalue weighted by Gasteiger charge is -2.04. The molecule has 0 aliphatic heterocycles. The Morgan fingerprint density at radius 1 is 1.19 bits per heavy atom. The highest BCUT2D eigenvalue weighted by atomic mass is 16.5. The fourth-order valence-electron chi connectivity index (χ4n) is 2.93. The van der Waals surface area contributed by atoms with E-state index in [0.717, 1.165) is 39.3 Å². The van der Waals surface area contributed by atoms with Crippen LogP contribution in [0.5, 0.6) is 5.75 Å². The molecule has 3 aromatic heterocycles. The van der Waals surface area contributed by atoms with Gasteiger partial charge in [-0.15, -0.1) is 0 Å². The standard InChI is InChI=1S/C20H19N5O2/c1-11-12(2)24-25-18(11)20(26)22-15-7-14-9-17(23-19(14)21-10-15)13-5-4-6-16(8-13)27-3/h4-10H,1-3H3,(H,21,23)(H,22,26)(H,24,25). The quantitative estimate of drug-likeness (QED) is 0.515. The number of hydrogen-bond acceptors (Lipinski definition) is 4. The number of nitrogens with one attached hydrogen (secondary N) is 3. The van der Waals surface area contributed by atoms with Crippen molar-refractivity contribution in [1.82, 2.24) is 20.2 Å². The number of aromatic amines is 2. The molecule has 3 heterocycles. The monoisotopic (exact) mass is 361 g/mol. The first-order chi connectivity index (χ1) is 13.0. The summed E-state index contributed by atoms with van der Waals surface area (Å²) in [4.78, 5) is 20.2. The summed E-state index contributed by atoms with van der Waals surface area (Å²) < 4.78 is 5.28. The zero-order valence-corrected chi connectivity index (χ0v) is 15.3. The van der Waals surface area contributed by atoms with Crippen LogP contribution in [0.4, 0.5) is 5.69 Å². The first kappa shape index (κ1) is 16.8. The number of amides is 1. The minimum absolute atomic E-state index is 0.238. The predicted molar refractivity (Wildman–Crippen MR) is 104 cm³/mol. The number of ether oxygens (including phenoxy) is 1. The van der Waals surface area contributed by atoms with Crippen LogP contribution in [0.2, 0.25) is 0 Å². The van der Waals surface area contributed by atoms with Crippen LogP contribution in [0.1, 0.15) is 21.7 Å². The molecule has 136 valence electrons. The molecule has 7 nitrogen and oxygen atoms in total. The first-order valence-corrected chi connectivity index (χ1v) is 8.51. The number of pyridine rings is 1. The summed E-state index contributed by atoms with van der Waals surface area (Å²) in [7, 11) is 1.64. The maximum atomic E-state index is 12.4. The van der Waals surface area contributed by atoms with Gasteiger partial charge in [-0.2, -0.15) is 5.10 Å². The molecular formula is C20H19N5O2. The van der Waals surface area contributed by atoms with Crippen molar-refractivity contribution in [2.75, 3.05) is 12.4 Å². The fraction of sp³-hybridized carbons (Fsp3) is 0.150. The van der Waals surface area contributed by atoms with Crippen molar-refractivity contribution < 1.29 is 9.53 Å². The number of nitrogens with zero attached hydrogens (tertiary/aromatic N) is 2. The van der Waals surface area contributed by atoms with Gasteiger partial charge in [-0.1, -0.05) is 12.1 Å². The number of H-pyrrole nitrogens is 2. The second-order valence-electron chi connectivity index (χ2n) is 6.34. The fourth-order valence-corrected chi connectivity index (χ4v) is 2.93. The molecule has 0 radical (unpaired) electrons. The maximum absolute atomic E-state index is 12.4. The molecule has 0 unspecified atom stereocenters. The summed E-state index contributed by atoms with van der Waals surface area (Å²) in [5, 5.41) is 10.6. The third-order valence-corrected chi connectivity index (χ3v) is 4.59. The van der Waals surface area contributed by atoms with E-state index in [1.807, 2.05) is 50.2 Å². The van der Waals surface area contributed by atoms with E-state index in [4.69, 9.17) is 4.74 Å². The predicted octanol–water partition coefficient (Wildman–Crippen LogP) is 3.83. The van der Waals surface area contributed by atoms with Crippen LogP contribution in [0.15, 0.2) is 42.6 Å². The molecule has 0 fully saturated rings. The van der Waals surface area contributed by atoms with E-state index in [9.17, 15) is 4.79 Å². The lowest BCUT2D eigenvalue weighted by atomic mass is 10.1. The number of aryl methyl sites for hydroxylation is 1. The van der Waals surface area contributed by atoms with Crippen molar-refractivity contribution in [1.29, 1.82) is 0 Å². The Hall–Kier alpha value is -3.61. The maximum Gasteiger partial charge on any atom is 0.273 e. The van der Waals surface area contributed by atoms with Crippen LogP contribution in [0.25, 0.3) is 22.3 Å². The molecule has 0 aliphatic carbocycles. The Morgan fingerprint density at radius 2 is 2.04 bits per heavy atom. The topological polar surface area (TPSA) is 95.7 Å². The van der Waals surface area contributed by atoms with Gasteiger partial charge in [-0.3, -0.25) is 9.89 Å². The highest BCUT2D eigenvalue weighted by Gasteiger charge is 2.14. The third-order valence-electron chi connectivity index (χ3n) is 4.59. The molecule has 0 saturated heterocycles. The number of benzene rings is 1. The summed E-state index contributed by atoms with van der Waals surface area (Å²) in [6.07, 6.45) is 1.63. The molecule has 0 aliphatic rings. The minimum atomic E-state index is -0.238. The van der Waals surface area contributed by atoms with Crippen LogP contribution in [-0.4, -0.2) is 33.2 Å². The molecule has 0 atom stereocenters. The van der Waals surface area contributed by atoms with Gasteiger partial charge in [-0.05, 0) is 38.1 Å².